The van der Waals surface area contributed by atoms with E-state index in [9.17, 15) is 0 Å². The Hall–Kier alpha value is -0.900. The van der Waals surface area contributed by atoms with Crippen LogP contribution in [0.4, 0.5) is 0 Å². The van der Waals surface area contributed by atoms with Crippen LogP contribution in [0.5, 0.6) is 0 Å². The number of nitrogens with one attached hydrogen (secondary N) is 1. The summed E-state index contributed by atoms with van der Waals surface area (Å²) in [5, 5.41) is 7.55. The average molecular weight is 264 g/mol. The summed E-state index contributed by atoms with van der Waals surface area (Å²) in [7, 11) is 0. The van der Waals surface area contributed by atoms with Crippen molar-refractivity contribution >= 4 is 0 Å². The van der Waals surface area contributed by atoms with E-state index in [1.165, 1.54) is 32.1 Å². The van der Waals surface area contributed by atoms with Gasteiger partial charge in [0.1, 0.15) is 5.82 Å². The van der Waals surface area contributed by atoms with E-state index < -0.39 is 0 Å². The van der Waals surface area contributed by atoms with Crippen molar-refractivity contribution in [2.45, 2.75) is 64.7 Å². The van der Waals surface area contributed by atoms with Crippen LogP contribution in [0, 0.1) is 11.8 Å². The van der Waals surface area contributed by atoms with Crippen molar-refractivity contribution in [3.63, 3.8) is 0 Å². The zero-order valence-electron chi connectivity index (χ0n) is 12.4. The Morgan fingerprint density at radius 2 is 2.00 bits per heavy atom. The van der Waals surface area contributed by atoms with Crippen molar-refractivity contribution in [2.75, 3.05) is 6.54 Å². The Bertz CT molecular complexity index is 366. The predicted molar refractivity (Wildman–Crippen MR) is 77.9 cm³/mol. The molecule has 108 valence electrons. The summed E-state index contributed by atoms with van der Waals surface area (Å²) in [4.78, 5) is 4.71. The van der Waals surface area contributed by atoms with Gasteiger partial charge < -0.3 is 5.73 Å². The third-order valence-electron chi connectivity index (χ3n) is 4.14. The molecule has 1 fully saturated rings. The SMILES string of the molecule is CC(C)CC(CN)Cc1nc(C2CCCCC2)n[nH]1. The Balaban J connectivity index is 1.92. The molecule has 1 unspecified atom stereocenters. The molecule has 4 heteroatoms. The maximum Gasteiger partial charge on any atom is 0.153 e. The number of hydrogen-bond acceptors (Lipinski definition) is 3. The van der Waals surface area contributed by atoms with E-state index in [1.54, 1.807) is 0 Å². The van der Waals surface area contributed by atoms with Gasteiger partial charge in [0.25, 0.3) is 0 Å². The van der Waals surface area contributed by atoms with Crippen LogP contribution >= 0.6 is 0 Å². The van der Waals surface area contributed by atoms with Crippen molar-refractivity contribution in [2.24, 2.45) is 17.6 Å². The van der Waals surface area contributed by atoms with Crippen LogP contribution in [0.2, 0.25) is 0 Å². The summed E-state index contributed by atoms with van der Waals surface area (Å²) in [6.07, 6.45) is 8.63. The first-order valence-electron chi connectivity index (χ1n) is 7.80. The quantitative estimate of drug-likeness (QED) is 0.830. The number of nitrogens with zero attached hydrogens (tertiary/aromatic N) is 2. The van der Waals surface area contributed by atoms with Crippen LogP contribution in [0.3, 0.4) is 0 Å². The minimum atomic E-state index is 0.521. The summed E-state index contributed by atoms with van der Waals surface area (Å²) in [6.45, 7) is 5.23. The van der Waals surface area contributed by atoms with Crippen LogP contribution in [-0.2, 0) is 6.42 Å². The molecule has 4 nitrogen and oxygen atoms in total. The van der Waals surface area contributed by atoms with Crippen molar-refractivity contribution in [1.29, 1.82) is 0 Å². The van der Waals surface area contributed by atoms with Crippen LogP contribution < -0.4 is 5.73 Å². The summed E-state index contributed by atoms with van der Waals surface area (Å²) >= 11 is 0. The second-order valence-corrected chi connectivity index (χ2v) is 6.41. The monoisotopic (exact) mass is 264 g/mol. The number of aromatic amines is 1. The summed E-state index contributed by atoms with van der Waals surface area (Å²) in [6, 6.07) is 0. The molecular formula is C15H28N4. The molecule has 0 aliphatic heterocycles. The summed E-state index contributed by atoms with van der Waals surface area (Å²) < 4.78 is 0. The fraction of sp³-hybridized carbons (Fsp3) is 0.867. The highest BCUT2D eigenvalue weighted by Crippen LogP contribution is 2.30. The lowest BCUT2D eigenvalue weighted by Gasteiger charge is -2.18. The van der Waals surface area contributed by atoms with Crippen molar-refractivity contribution in [1.82, 2.24) is 15.2 Å². The summed E-state index contributed by atoms with van der Waals surface area (Å²) in [5.41, 5.74) is 5.86. The maximum absolute atomic E-state index is 5.86. The van der Waals surface area contributed by atoms with Gasteiger partial charge in [-0.05, 0) is 37.6 Å². The molecule has 0 amide bonds. The first-order chi connectivity index (χ1) is 9.19. The molecule has 1 aromatic heterocycles. The average Bonchev–Trinajstić information content (AvgIpc) is 2.87. The van der Waals surface area contributed by atoms with Gasteiger partial charge >= 0.3 is 0 Å². The number of aromatic nitrogens is 3. The molecule has 0 bridgehead atoms. The van der Waals surface area contributed by atoms with E-state index in [0.29, 0.717) is 17.8 Å². The molecule has 0 radical (unpaired) electrons. The Morgan fingerprint density at radius 3 is 2.63 bits per heavy atom. The van der Waals surface area contributed by atoms with Crippen LogP contribution in [0.25, 0.3) is 0 Å². The third-order valence-corrected chi connectivity index (χ3v) is 4.14. The van der Waals surface area contributed by atoms with Crippen LogP contribution in [0.1, 0.15) is 69.9 Å². The Morgan fingerprint density at radius 1 is 1.26 bits per heavy atom. The minimum absolute atomic E-state index is 0.521. The summed E-state index contributed by atoms with van der Waals surface area (Å²) in [5.74, 6) is 3.85. The molecule has 0 spiro atoms. The molecule has 1 atom stereocenters. The van der Waals surface area contributed by atoms with Gasteiger partial charge in [0.15, 0.2) is 5.82 Å². The van der Waals surface area contributed by atoms with Gasteiger partial charge in [0.05, 0.1) is 0 Å². The van der Waals surface area contributed by atoms with Gasteiger partial charge in [0.2, 0.25) is 0 Å². The molecule has 3 N–H and O–H groups in total. The van der Waals surface area contributed by atoms with E-state index in [0.717, 1.165) is 31.0 Å². The van der Waals surface area contributed by atoms with Crippen LogP contribution in [0.15, 0.2) is 0 Å². The lowest BCUT2D eigenvalue weighted by atomic mass is 9.89. The van der Waals surface area contributed by atoms with Gasteiger partial charge in [-0.2, -0.15) is 5.10 Å². The van der Waals surface area contributed by atoms with Crippen LogP contribution in [-0.4, -0.2) is 21.7 Å². The molecule has 1 heterocycles. The van der Waals surface area contributed by atoms with Crippen molar-refractivity contribution in [3.8, 4) is 0 Å². The normalized spacial score (nSPS) is 18.9. The third kappa shape index (κ3) is 4.30. The van der Waals surface area contributed by atoms with Crippen molar-refractivity contribution in [3.05, 3.63) is 11.6 Å². The number of H-pyrrole nitrogens is 1. The number of rotatable bonds is 6. The number of nitrogens with two attached hydrogens (primary N) is 1. The highest BCUT2D eigenvalue weighted by atomic mass is 15.2. The second kappa shape index (κ2) is 7.04. The van der Waals surface area contributed by atoms with E-state index in [-0.39, 0.29) is 0 Å². The molecule has 19 heavy (non-hydrogen) atoms. The van der Waals surface area contributed by atoms with E-state index in [2.05, 4.69) is 24.0 Å². The largest absolute Gasteiger partial charge is 0.330 e. The van der Waals surface area contributed by atoms with E-state index >= 15 is 0 Å². The van der Waals surface area contributed by atoms with E-state index in [1.807, 2.05) is 0 Å². The molecule has 2 rings (SSSR count). The van der Waals surface area contributed by atoms with E-state index in [4.69, 9.17) is 10.7 Å². The van der Waals surface area contributed by atoms with Gasteiger partial charge in [-0.15, -0.1) is 0 Å². The first-order valence-corrected chi connectivity index (χ1v) is 7.80. The lowest BCUT2D eigenvalue weighted by Crippen LogP contribution is -2.19. The van der Waals surface area contributed by atoms with Gasteiger partial charge in [-0.25, -0.2) is 4.98 Å². The highest BCUT2D eigenvalue weighted by Gasteiger charge is 2.20. The van der Waals surface area contributed by atoms with Gasteiger partial charge in [-0.3, -0.25) is 5.10 Å². The van der Waals surface area contributed by atoms with Gasteiger partial charge in [0, 0.05) is 12.3 Å². The Labute approximate surface area is 116 Å². The standard InChI is InChI=1S/C15H28N4/c1-11(2)8-12(10-16)9-14-17-15(19-18-14)13-6-4-3-5-7-13/h11-13H,3-10,16H2,1-2H3,(H,17,18,19). The Kier molecular flexibility index (Phi) is 5.37. The topological polar surface area (TPSA) is 67.6 Å². The smallest absolute Gasteiger partial charge is 0.153 e. The number of hydrogen-bond donors (Lipinski definition) is 2. The highest BCUT2D eigenvalue weighted by molar-refractivity contribution is 5.00. The zero-order valence-corrected chi connectivity index (χ0v) is 12.4. The second-order valence-electron chi connectivity index (χ2n) is 6.41. The van der Waals surface area contributed by atoms with Crippen molar-refractivity contribution < 1.29 is 0 Å². The molecule has 1 aromatic rings. The molecule has 1 saturated carbocycles. The molecular weight excluding hydrogens is 236 g/mol. The fourth-order valence-electron chi connectivity index (χ4n) is 3.15. The fourth-order valence-corrected chi connectivity index (χ4v) is 3.15. The zero-order chi connectivity index (χ0) is 13.7. The first kappa shape index (κ1) is 14.5. The molecule has 1 aliphatic rings. The predicted octanol–water partition coefficient (Wildman–Crippen LogP) is 3.02. The molecule has 1 aliphatic carbocycles. The minimum Gasteiger partial charge on any atom is -0.330 e. The maximum atomic E-state index is 5.86. The molecule has 0 saturated heterocycles. The lowest BCUT2D eigenvalue weighted by molar-refractivity contribution is 0.408. The molecule has 0 aromatic carbocycles. The van der Waals surface area contributed by atoms with Gasteiger partial charge in [-0.1, -0.05) is 33.1 Å².